The molecule has 2 rings (SSSR count). The van der Waals surface area contributed by atoms with Gasteiger partial charge in [0.2, 0.25) is 0 Å². The van der Waals surface area contributed by atoms with Crippen LogP contribution in [0.5, 0.6) is 0 Å². The van der Waals surface area contributed by atoms with E-state index in [1.54, 1.807) is 0 Å². The number of aliphatic hydroxyl groups is 1. The van der Waals surface area contributed by atoms with Crippen LogP contribution in [0.4, 0.5) is 8.78 Å². The van der Waals surface area contributed by atoms with Crippen molar-refractivity contribution in [1.29, 1.82) is 0 Å². The quantitative estimate of drug-likeness (QED) is 0.841. The lowest BCUT2D eigenvalue weighted by molar-refractivity contribution is 0.0419. The molecule has 1 saturated carbocycles. The summed E-state index contributed by atoms with van der Waals surface area (Å²) in [4.78, 5) is 11.6. The third kappa shape index (κ3) is 2.61. The first kappa shape index (κ1) is 12.0. The van der Waals surface area contributed by atoms with E-state index in [4.69, 9.17) is 5.11 Å². The van der Waals surface area contributed by atoms with Crippen LogP contribution < -0.4 is 5.32 Å². The van der Waals surface area contributed by atoms with Gasteiger partial charge in [-0.1, -0.05) is 6.07 Å². The number of nitrogens with one attached hydrogen (secondary N) is 1. The normalized spacial score (nSPS) is 23.0. The molecule has 92 valence electrons. The van der Waals surface area contributed by atoms with Crippen LogP contribution >= 0.6 is 0 Å². The number of halogens is 2. The van der Waals surface area contributed by atoms with Crippen LogP contribution in [0.25, 0.3) is 0 Å². The fourth-order valence-corrected chi connectivity index (χ4v) is 1.88. The Bertz CT molecular complexity index is 431. The molecule has 0 aliphatic heterocycles. The molecular formula is C12H13F2NO2. The number of hydrogen-bond acceptors (Lipinski definition) is 2. The number of carbonyl (C=O) groups excluding carboxylic acids is 1. The summed E-state index contributed by atoms with van der Waals surface area (Å²) in [6, 6.07) is 3.50. The Morgan fingerprint density at radius 1 is 1.41 bits per heavy atom. The Labute approximate surface area is 97.5 Å². The van der Waals surface area contributed by atoms with Crippen LogP contribution in [-0.4, -0.2) is 23.7 Å². The van der Waals surface area contributed by atoms with Crippen molar-refractivity contribution < 1.29 is 18.7 Å². The molecule has 1 aromatic rings. The van der Waals surface area contributed by atoms with Crippen LogP contribution in [0.3, 0.4) is 0 Å². The number of rotatable bonds is 3. The van der Waals surface area contributed by atoms with Crippen LogP contribution in [0.2, 0.25) is 0 Å². The molecule has 1 aliphatic rings. The van der Waals surface area contributed by atoms with Gasteiger partial charge in [-0.2, -0.15) is 0 Å². The maximum atomic E-state index is 13.3. The van der Waals surface area contributed by atoms with Gasteiger partial charge in [0.25, 0.3) is 5.91 Å². The van der Waals surface area contributed by atoms with Gasteiger partial charge in [-0.15, -0.1) is 0 Å². The third-order valence-corrected chi connectivity index (χ3v) is 2.96. The summed E-state index contributed by atoms with van der Waals surface area (Å²) in [7, 11) is 0. The molecule has 0 bridgehead atoms. The standard InChI is InChI=1S/C12H13F2NO2/c13-10-3-1-2-9(11(10)14)12(17)15-6-7-4-8(16)5-7/h1-3,7-8,16H,4-6H2,(H,15,17). The average molecular weight is 241 g/mol. The molecule has 1 aromatic carbocycles. The van der Waals surface area contributed by atoms with Gasteiger partial charge in [-0.3, -0.25) is 4.79 Å². The SMILES string of the molecule is O=C(NCC1CC(O)C1)c1cccc(F)c1F. The molecule has 2 N–H and O–H groups in total. The highest BCUT2D eigenvalue weighted by atomic mass is 19.2. The summed E-state index contributed by atoms with van der Waals surface area (Å²) in [5, 5.41) is 11.6. The van der Waals surface area contributed by atoms with E-state index < -0.39 is 17.5 Å². The van der Waals surface area contributed by atoms with Crippen LogP contribution in [0, 0.1) is 17.6 Å². The summed E-state index contributed by atoms with van der Waals surface area (Å²) in [6.45, 7) is 0.381. The van der Waals surface area contributed by atoms with Crippen molar-refractivity contribution in [3.8, 4) is 0 Å². The number of carbonyl (C=O) groups is 1. The van der Waals surface area contributed by atoms with E-state index in [0.29, 0.717) is 19.4 Å². The second kappa shape index (κ2) is 4.79. The monoisotopic (exact) mass is 241 g/mol. The second-order valence-electron chi connectivity index (χ2n) is 4.30. The molecule has 0 heterocycles. The minimum absolute atomic E-state index is 0.227. The topological polar surface area (TPSA) is 49.3 Å². The summed E-state index contributed by atoms with van der Waals surface area (Å²) in [5.41, 5.74) is -0.287. The zero-order valence-electron chi connectivity index (χ0n) is 9.12. The molecule has 1 amide bonds. The number of aliphatic hydroxyl groups excluding tert-OH is 1. The molecule has 0 aromatic heterocycles. The maximum Gasteiger partial charge on any atom is 0.254 e. The van der Waals surface area contributed by atoms with Gasteiger partial charge in [0.05, 0.1) is 11.7 Å². The van der Waals surface area contributed by atoms with E-state index in [0.717, 1.165) is 6.07 Å². The Morgan fingerprint density at radius 3 is 2.76 bits per heavy atom. The Balaban J connectivity index is 1.93. The number of amides is 1. The van der Waals surface area contributed by atoms with Gasteiger partial charge in [0.1, 0.15) is 0 Å². The minimum Gasteiger partial charge on any atom is -0.393 e. The predicted molar refractivity (Wildman–Crippen MR) is 57.4 cm³/mol. The maximum absolute atomic E-state index is 13.3. The van der Waals surface area contributed by atoms with Gasteiger partial charge in [0, 0.05) is 6.54 Å². The lowest BCUT2D eigenvalue weighted by atomic mass is 9.82. The first-order valence-corrected chi connectivity index (χ1v) is 5.48. The zero-order chi connectivity index (χ0) is 12.4. The smallest absolute Gasteiger partial charge is 0.254 e. The highest BCUT2D eigenvalue weighted by Crippen LogP contribution is 2.26. The summed E-state index contributed by atoms with van der Waals surface area (Å²) >= 11 is 0. The molecule has 0 radical (unpaired) electrons. The van der Waals surface area contributed by atoms with Crippen LogP contribution in [-0.2, 0) is 0 Å². The third-order valence-electron chi connectivity index (χ3n) is 2.96. The molecule has 1 fully saturated rings. The molecule has 0 spiro atoms. The predicted octanol–water partition coefficient (Wildman–Crippen LogP) is 1.47. The average Bonchev–Trinajstić information content (AvgIpc) is 2.26. The molecule has 0 saturated heterocycles. The van der Waals surface area contributed by atoms with Crippen molar-refractivity contribution in [3.05, 3.63) is 35.4 Å². The zero-order valence-corrected chi connectivity index (χ0v) is 9.12. The van der Waals surface area contributed by atoms with Gasteiger partial charge < -0.3 is 10.4 Å². The second-order valence-corrected chi connectivity index (χ2v) is 4.30. The molecule has 5 heteroatoms. The molecular weight excluding hydrogens is 228 g/mol. The van der Waals surface area contributed by atoms with Crippen LogP contribution in [0.1, 0.15) is 23.2 Å². The highest BCUT2D eigenvalue weighted by molar-refractivity contribution is 5.94. The van der Waals surface area contributed by atoms with Gasteiger partial charge in [0.15, 0.2) is 11.6 Å². The Kier molecular flexibility index (Phi) is 3.38. The summed E-state index contributed by atoms with van der Waals surface area (Å²) in [6.07, 6.45) is 1.00. The lowest BCUT2D eigenvalue weighted by Crippen LogP contribution is -2.38. The van der Waals surface area contributed by atoms with Crippen molar-refractivity contribution in [3.63, 3.8) is 0 Å². The van der Waals surface area contributed by atoms with E-state index in [1.807, 2.05) is 0 Å². The Hall–Kier alpha value is -1.49. The number of hydrogen-bond donors (Lipinski definition) is 2. The van der Waals surface area contributed by atoms with E-state index in [1.165, 1.54) is 12.1 Å². The van der Waals surface area contributed by atoms with E-state index >= 15 is 0 Å². The largest absolute Gasteiger partial charge is 0.393 e. The van der Waals surface area contributed by atoms with Gasteiger partial charge >= 0.3 is 0 Å². The van der Waals surface area contributed by atoms with Gasteiger partial charge in [-0.05, 0) is 30.9 Å². The summed E-state index contributed by atoms with van der Waals surface area (Å²) < 4.78 is 26.1. The highest BCUT2D eigenvalue weighted by Gasteiger charge is 2.27. The molecule has 17 heavy (non-hydrogen) atoms. The first-order valence-electron chi connectivity index (χ1n) is 5.48. The van der Waals surface area contributed by atoms with Crippen molar-refractivity contribution >= 4 is 5.91 Å². The minimum atomic E-state index is -1.13. The van der Waals surface area contributed by atoms with Crippen molar-refractivity contribution in [2.45, 2.75) is 18.9 Å². The molecule has 0 unspecified atom stereocenters. The lowest BCUT2D eigenvalue weighted by Gasteiger charge is -2.31. The van der Waals surface area contributed by atoms with E-state index in [-0.39, 0.29) is 17.6 Å². The fraction of sp³-hybridized carbons (Fsp3) is 0.417. The Morgan fingerprint density at radius 2 is 2.12 bits per heavy atom. The van der Waals surface area contributed by atoms with Gasteiger partial charge in [-0.25, -0.2) is 8.78 Å². The first-order chi connectivity index (χ1) is 8.08. The summed E-state index contributed by atoms with van der Waals surface area (Å²) in [5.74, 6) is -2.55. The van der Waals surface area contributed by atoms with Crippen molar-refractivity contribution in [1.82, 2.24) is 5.32 Å². The molecule has 3 nitrogen and oxygen atoms in total. The van der Waals surface area contributed by atoms with Crippen LogP contribution in [0.15, 0.2) is 18.2 Å². The van der Waals surface area contributed by atoms with E-state index in [2.05, 4.69) is 5.32 Å². The number of benzene rings is 1. The fourth-order valence-electron chi connectivity index (χ4n) is 1.88. The molecule has 0 atom stereocenters. The van der Waals surface area contributed by atoms with Crippen molar-refractivity contribution in [2.24, 2.45) is 5.92 Å². The van der Waals surface area contributed by atoms with Crippen molar-refractivity contribution in [2.75, 3.05) is 6.54 Å². The van der Waals surface area contributed by atoms with E-state index in [9.17, 15) is 13.6 Å². The molecule has 1 aliphatic carbocycles.